The van der Waals surface area contributed by atoms with Gasteiger partial charge >= 0.3 is 5.97 Å². The van der Waals surface area contributed by atoms with Crippen molar-refractivity contribution in [3.63, 3.8) is 0 Å². The molecule has 4 saturated carbocycles. The van der Waals surface area contributed by atoms with E-state index in [4.69, 9.17) is 4.74 Å². The summed E-state index contributed by atoms with van der Waals surface area (Å²) in [6, 6.07) is 2.67. The first-order chi connectivity index (χ1) is 15.8. The summed E-state index contributed by atoms with van der Waals surface area (Å²) in [6.07, 6.45) is 11.1. The van der Waals surface area contributed by atoms with Crippen LogP contribution in [0.5, 0.6) is 0 Å². The summed E-state index contributed by atoms with van der Waals surface area (Å²) in [5.41, 5.74) is 2.33. The lowest BCUT2D eigenvalue weighted by Gasteiger charge is -2.70. The average Bonchev–Trinajstić information content (AvgIpc) is 3.27. The summed E-state index contributed by atoms with van der Waals surface area (Å²) in [7, 11) is 1.58. The highest BCUT2D eigenvalue weighted by Crippen LogP contribution is 2.78. The summed E-state index contributed by atoms with van der Waals surface area (Å²) in [6.45, 7) is 18.8. The molecule has 3 heteroatoms. The van der Waals surface area contributed by atoms with E-state index in [0.29, 0.717) is 29.6 Å². The standard InChI is InChI=1S/C31H45NO2/c1-19(2)21-11-14-31(26(33)34-8)16-15-28(5)22(25(21)31)9-10-24-29(28,6)13-12-23-27(3,4)17-20(18-32)30(23,24)7/h17,21-25H,1,9-16H2,2-8H3/t21-,22?,23?,24?,25?,28+,29+,30-,31-/m0/s1. The van der Waals surface area contributed by atoms with Gasteiger partial charge in [-0.15, -0.1) is 0 Å². The second-order valence-electron chi connectivity index (χ2n) is 14.1. The Morgan fingerprint density at radius 3 is 2.32 bits per heavy atom. The molecule has 186 valence electrons. The molecule has 0 aromatic rings. The average molecular weight is 464 g/mol. The highest BCUT2D eigenvalue weighted by Gasteiger charge is 2.72. The molecule has 4 fully saturated rings. The van der Waals surface area contributed by atoms with E-state index >= 15 is 0 Å². The molecule has 0 amide bonds. The maximum atomic E-state index is 13.3. The van der Waals surface area contributed by atoms with Crippen LogP contribution >= 0.6 is 0 Å². The predicted octanol–water partition coefficient (Wildman–Crippen LogP) is 7.49. The maximum Gasteiger partial charge on any atom is 0.312 e. The number of carbonyl (C=O) groups excluding carboxylic acids is 1. The lowest BCUT2D eigenvalue weighted by atomic mass is 9.34. The minimum atomic E-state index is -0.333. The molecule has 0 aromatic carbocycles. The number of hydrogen-bond donors (Lipinski definition) is 0. The Balaban J connectivity index is 1.61. The van der Waals surface area contributed by atoms with Gasteiger partial charge in [-0.25, -0.2) is 0 Å². The van der Waals surface area contributed by atoms with Crippen molar-refractivity contribution < 1.29 is 9.53 Å². The molecule has 4 unspecified atom stereocenters. The highest BCUT2D eigenvalue weighted by molar-refractivity contribution is 5.78. The van der Waals surface area contributed by atoms with Crippen molar-refractivity contribution >= 4 is 5.97 Å². The molecular weight excluding hydrogens is 418 g/mol. The van der Waals surface area contributed by atoms with Crippen LogP contribution in [0.25, 0.3) is 0 Å². The molecule has 5 rings (SSSR count). The summed E-state index contributed by atoms with van der Waals surface area (Å²) in [5.74, 6) is 2.35. The number of rotatable bonds is 2. The Kier molecular flexibility index (Phi) is 5.14. The molecular formula is C31H45NO2. The van der Waals surface area contributed by atoms with Crippen LogP contribution < -0.4 is 0 Å². The Morgan fingerprint density at radius 1 is 1.00 bits per heavy atom. The monoisotopic (exact) mass is 463 g/mol. The van der Waals surface area contributed by atoms with Crippen molar-refractivity contribution in [1.82, 2.24) is 0 Å². The first-order valence-corrected chi connectivity index (χ1v) is 13.7. The van der Waals surface area contributed by atoms with Gasteiger partial charge in [0.15, 0.2) is 0 Å². The topological polar surface area (TPSA) is 50.1 Å². The second kappa shape index (κ2) is 7.24. The van der Waals surface area contributed by atoms with Crippen LogP contribution in [0.1, 0.15) is 92.9 Å². The van der Waals surface area contributed by atoms with Crippen molar-refractivity contribution in [2.75, 3.05) is 7.11 Å². The SMILES string of the molecule is C=C(C)[C@@H]1CC[C@]2(C(=O)OC)CC[C@]3(C)C(CCC4[C@@]5(C)C(C#N)=CC(C)(C)C5CC[C@]43C)C12. The van der Waals surface area contributed by atoms with Crippen LogP contribution in [0, 0.1) is 68.0 Å². The van der Waals surface area contributed by atoms with Crippen molar-refractivity contribution in [3.05, 3.63) is 23.8 Å². The molecule has 0 aromatic heterocycles. The third-order valence-corrected chi connectivity index (χ3v) is 12.9. The number of ether oxygens (including phenoxy) is 1. The molecule has 0 bridgehead atoms. The number of fused-ring (bicyclic) bond motifs is 7. The van der Waals surface area contributed by atoms with Crippen LogP contribution in [-0.4, -0.2) is 13.1 Å². The second-order valence-corrected chi connectivity index (χ2v) is 14.1. The highest BCUT2D eigenvalue weighted by atomic mass is 16.5. The normalized spacial score (nSPS) is 50.6. The quantitative estimate of drug-likeness (QED) is 0.315. The Morgan fingerprint density at radius 2 is 1.71 bits per heavy atom. The number of nitrogens with zero attached hydrogens (tertiary/aromatic N) is 1. The molecule has 5 aliphatic rings. The molecule has 5 aliphatic carbocycles. The molecule has 0 spiro atoms. The van der Waals surface area contributed by atoms with Gasteiger partial charge in [-0.2, -0.15) is 5.26 Å². The van der Waals surface area contributed by atoms with Gasteiger partial charge < -0.3 is 4.74 Å². The first-order valence-electron chi connectivity index (χ1n) is 13.7. The zero-order valence-corrected chi connectivity index (χ0v) is 22.6. The maximum absolute atomic E-state index is 13.3. The lowest BCUT2D eigenvalue weighted by molar-refractivity contribution is -0.218. The van der Waals surface area contributed by atoms with Crippen molar-refractivity contribution in [2.45, 2.75) is 92.9 Å². The third kappa shape index (κ3) is 2.62. The Labute approximate surface area is 207 Å². The van der Waals surface area contributed by atoms with E-state index in [1.807, 2.05) is 0 Å². The largest absolute Gasteiger partial charge is 0.469 e. The number of nitriles is 1. The minimum Gasteiger partial charge on any atom is -0.469 e. The number of esters is 1. The number of hydrogen-bond acceptors (Lipinski definition) is 3. The molecule has 34 heavy (non-hydrogen) atoms. The number of allylic oxidation sites excluding steroid dienone is 3. The van der Waals surface area contributed by atoms with Gasteiger partial charge in [-0.05, 0) is 104 Å². The van der Waals surface area contributed by atoms with E-state index in [9.17, 15) is 10.1 Å². The smallest absolute Gasteiger partial charge is 0.312 e. The van der Waals surface area contributed by atoms with Gasteiger partial charge in [0.2, 0.25) is 0 Å². The fraction of sp³-hybridized carbons (Fsp3) is 0.806. The van der Waals surface area contributed by atoms with Gasteiger partial charge in [0, 0.05) is 11.0 Å². The Hall–Kier alpha value is -1.56. The Bertz CT molecular complexity index is 1000. The lowest BCUT2D eigenvalue weighted by Crippen LogP contribution is -2.65. The number of carbonyl (C=O) groups is 1. The van der Waals surface area contributed by atoms with Crippen LogP contribution in [0.2, 0.25) is 0 Å². The van der Waals surface area contributed by atoms with Crippen molar-refractivity contribution in [2.24, 2.45) is 56.7 Å². The van der Waals surface area contributed by atoms with Gasteiger partial charge in [0.25, 0.3) is 0 Å². The predicted molar refractivity (Wildman–Crippen MR) is 135 cm³/mol. The summed E-state index contributed by atoms with van der Waals surface area (Å²) in [5, 5.41) is 10.2. The van der Waals surface area contributed by atoms with Crippen LogP contribution in [0.15, 0.2) is 23.8 Å². The van der Waals surface area contributed by atoms with E-state index in [0.717, 1.165) is 44.1 Å². The van der Waals surface area contributed by atoms with E-state index in [2.05, 4.69) is 60.3 Å². The van der Waals surface area contributed by atoms with Crippen molar-refractivity contribution in [1.29, 1.82) is 5.26 Å². The van der Waals surface area contributed by atoms with Crippen LogP contribution in [0.4, 0.5) is 0 Å². The fourth-order valence-corrected chi connectivity index (χ4v) is 11.2. The first kappa shape index (κ1) is 24.1. The minimum absolute atomic E-state index is 0.0264. The van der Waals surface area contributed by atoms with Crippen LogP contribution in [-0.2, 0) is 9.53 Å². The molecule has 3 nitrogen and oxygen atoms in total. The summed E-state index contributed by atoms with van der Waals surface area (Å²) < 4.78 is 5.48. The van der Waals surface area contributed by atoms with E-state index < -0.39 is 0 Å². The van der Waals surface area contributed by atoms with Gasteiger partial charge in [0.05, 0.1) is 18.6 Å². The van der Waals surface area contributed by atoms with Crippen LogP contribution in [0.3, 0.4) is 0 Å². The summed E-state index contributed by atoms with van der Waals surface area (Å²) in [4.78, 5) is 13.3. The molecule has 0 heterocycles. The molecule has 0 aliphatic heterocycles. The molecule has 0 saturated heterocycles. The summed E-state index contributed by atoms with van der Waals surface area (Å²) >= 11 is 0. The van der Waals surface area contributed by atoms with Crippen molar-refractivity contribution in [3.8, 4) is 6.07 Å². The van der Waals surface area contributed by atoms with E-state index in [1.165, 1.54) is 18.4 Å². The third-order valence-electron chi connectivity index (χ3n) is 12.9. The number of methoxy groups -OCH3 is 1. The fourth-order valence-electron chi connectivity index (χ4n) is 11.2. The van der Waals surface area contributed by atoms with Gasteiger partial charge in [0.1, 0.15) is 0 Å². The zero-order chi connectivity index (χ0) is 24.9. The van der Waals surface area contributed by atoms with Gasteiger partial charge in [-0.3, -0.25) is 4.79 Å². The van der Waals surface area contributed by atoms with E-state index in [1.54, 1.807) is 7.11 Å². The van der Waals surface area contributed by atoms with E-state index in [-0.39, 0.29) is 33.0 Å². The molecule has 9 atom stereocenters. The molecule has 0 N–H and O–H groups in total. The zero-order valence-electron chi connectivity index (χ0n) is 22.6. The van der Waals surface area contributed by atoms with Gasteiger partial charge in [-0.1, -0.05) is 52.8 Å². The molecule has 0 radical (unpaired) electrons.